The van der Waals surface area contributed by atoms with Crippen LogP contribution < -0.4 is 10.4 Å². The minimum Gasteiger partial charge on any atom is -0.323 e. The maximum Gasteiger partial charge on any atom is 0.257 e. The number of amides is 1. The van der Waals surface area contributed by atoms with E-state index >= 15 is 0 Å². The predicted octanol–water partition coefficient (Wildman–Crippen LogP) is 3.78. The van der Waals surface area contributed by atoms with E-state index in [2.05, 4.69) is 19.2 Å². The second-order valence-electron chi connectivity index (χ2n) is 6.11. The summed E-state index contributed by atoms with van der Waals surface area (Å²) in [5.41, 5.74) is 1.10. The lowest BCUT2D eigenvalue weighted by Gasteiger charge is -2.37. The molecule has 1 amide bonds. The van der Waals surface area contributed by atoms with E-state index in [4.69, 9.17) is 0 Å². The largest absolute Gasteiger partial charge is 0.323 e. The van der Waals surface area contributed by atoms with Gasteiger partial charge in [-0.2, -0.15) is 0 Å². The van der Waals surface area contributed by atoms with Gasteiger partial charge in [0.15, 0.2) is 5.54 Å². The van der Waals surface area contributed by atoms with Crippen molar-refractivity contribution in [3.63, 3.8) is 0 Å². The summed E-state index contributed by atoms with van der Waals surface area (Å²) >= 11 is 0. The number of anilines is 2. The zero-order valence-electron chi connectivity index (χ0n) is 12.8. The van der Waals surface area contributed by atoms with Crippen molar-refractivity contribution in [3.8, 4) is 0 Å². The van der Waals surface area contributed by atoms with E-state index in [1.165, 1.54) is 0 Å². The Kier molecular flexibility index (Phi) is 3.62. The van der Waals surface area contributed by atoms with Crippen LogP contribution >= 0.6 is 0 Å². The Morgan fingerprint density at radius 3 is 2.41 bits per heavy atom. The van der Waals surface area contributed by atoms with E-state index in [1.54, 1.807) is 12.1 Å². The maximum atomic E-state index is 12.8. The molecule has 0 radical (unpaired) electrons. The van der Waals surface area contributed by atoms with E-state index in [0.717, 1.165) is 16.3 Å². The van der Waals surface area contributed by atoms with Gasteiger partial charge in [0.05, 0.1) is 5.69 Å². The Labute approximate surface area is 130 Å². The third kappa shape index (κ3) is 2.16. The highest BCUT2D eigenvalue weighted by Gasteiger charge is 2.51. The van der Waals surface area contributed by atoms with E-state index in [1.807, 2.05) is 42.5 Å². The summed E-state index contributed by atoms with van der Waals surface area (Å²) in [4.78, 5) is 12.8. The monoisotopic (exact) mass is 296 g/mol. The molecule has 2 aromatic carbocycles. The van der Waals surface area contributed by atoms with Crippen molar-refractivity contribution in [3.05, 3.63) is 60.2 Å². The smallest absolute Gasteiger partial charge is 0.257 e. The Morgan fingerprint density at radius 2 is 1.73 bits per heavy atom. The first kappa shape index (κ1) is 14.6. The number of nitrogens with zero attached hydrogens (tertiary/aromatic N) is 1. The zero-order valence-corrected chi connectivity index (χ0v) is 12.8. The molecule has 2 aromatic rings. The normalized spacial score (nSPS) is 19.9. The molecule has 1 aliphatic heterocycles. The standard InChI is InChI=1S/C18H20N2O2/c1-13(2)12-18(20(22)14-8-4-3-5-9-14)15-10-6-7-11-16(15)19-17(18)21/h3-11,13,22H,12H2,1-2H3,(H,19,21)/t18-/m0/s1. The number of fused-ring (bicyclic) bond motifs is 1. The molecule has 0 fully saturated rings. The van der Waals surface area contributed by atoms with Crippen LogP contribution in [0, 0.1) is 5.92 Å². The second kappa shape index (κ2) is 5.46. The Morgan fingerprint density at radius 1 is 1.09 bits per heavy atom. The van der Waals surface area contributed by atoms with Gasteiger partial charge in [0.25, 0.3) is 5.91 Å². The lowest BCUT2D eigenvalue weighted by atomic mass is 9.82. The lowest BCUT2D eigenvalue weighted by Crippen LogP contribution is -2.50. The fourth-order valence-electron chi connectivity index (χ4n) is 3.18. The van der Waals surface area contributed by atoms with Gasteiger partial charge in [-0.15, -0.1) is 0 Å². The van der Waals surface area contributed by atoms with Crippen molar-refractivity contribution in [1.82, 2.24) is 0 Å². The topological polar surface area (TPSA) is 52.6 Å². The molecule has 0 saturated heterocycles. The number of carbonyl (C=O) groups is 1. The van der Waals surface area contributed by atoms with Gasteiger partial charge in [0.1, 0.15) is 0 Å². The van der Waals surface area contributed by atoms with Crippen LogP contribution in [0.15, 0.2) is 54.6 Å². The summed E-state index contributed by atoms with van der Waals surface area (Å²) in [6, 6.07) is 16.7. The zero-order chi connectivity index (χ0) is 15.7. The number of benzene rings is 2. The molecule has 0 spiro atoms. The summed E-state index contributed by atoms with van der Waals surface area (Å²) < 4.78 is 0. The Bertz CT molecular complexity index is 684. The average molecular weight is 296 g/mol. The molecule has 1 aliphatic rings. The second-order valence-corrected chi connectivity index (χ2v) is 6.11. The van der Waals surface area contributed by atoms with Crippen LogP contribution in [-0.2, 0) is 10.3 Å². The minimum atomic E-state index is -1.09. The highest BCUT2D eigenvalue weighted by atomic mass is 16.5. The van der Waals surface area contributed by atoms with E-state index in [0.29, 0.717) is 12.1 Å². The molecule has 0 unspecified atom stereocenters. The third-order valence-corrected chi connectivity index (χ3v) is 4.06. The molecule has 4 heteroatoms. The summed E-state index contributed by atoms with van der Waals surface area (Å²) in [5.74, 6) is 0.0593. The van der Waals surface area contributed by atoms with E-state index in [9.17, 15) is 10.0 Å². The highest BCUT2D eigenvalue weighted by Crippen LogP contribution is 2.45. The molecule has 0 aromatic heterocycles. The highest BCUT2D eigenvalue weighted by molar-refractivity contribution is 6.07. The van der Waals surface area contributed by atoms with Gasteiger partial charge in [-0.05, 0) is 30.5 Å². The first-order valence-electron chi connectivity index (χ1n) is 7.51. The fourth-order valence-corrected chi connectivity index (χ4v) is 3.18. The third-order valence-electron chi connectivity index (χ3n) is 4.06. The fraction of sp³-hybridized carbons (Fsp3) is 0.278. The van der Waals surface area contributed by atoms with Gasteiger partial charge >= 0.3 is 0 Å². The Balaban J connectivity index is 2.16. The Hall–Kier alpha value is -2.33. The maximum absolute atomic E-state index is 12.8. The quantitative estimate of drug-likeness (QED) is 0.844. The number of carbonyl (C=O) groups excluding carboxylic acids is 1. The van der Waals surface area contributed by atoms with Gasteiger partial charge in [0, 0.05) is 11.3 Å². The summed E-state index contributed by atoms with van der Waals surface area (Å²) in [5, 5.41) is 14.9. The van der Waals surface area contributed by atoms with Crippen LogP contribution in [-0.4, -0.2) is 11.1 Å². The lowest BCUT2D eigenvalue weighted by molar-refractivity contribution is -0.123. The molecule has 4 nitrogen and oxygen atoms in total. The van der Waals surface area contributed by atoms with Crippen molar-refractivity contribution in [2.24, 2.45) is 5.92 Å². The number of hydroxylamine groups is 1. The van der Waals surface area contributed by atoms with E-state index in [-0.39, 0.29) is 11.8 Å². The molecule has 114 valence electrons. The summed E-state index contributed by atoms with van der Waals surface area (Å²) in [6.45, 7) is 4.10. The van der Waals surface area contributed by atoms with Gasteiger partial charge in [0.2, 0.25) is 0 Å². The molecule has 3 rings (SSSR count). The predicted molar refractivity (Wildman–Crippen MR) is 86.9 cm³/mol. The van der Waals surface area contributed by atoms with Crippen molar-refractivity contribution in [2.75, 3.05) is 10.4 Å². The van der Waals surface area contributed by atoms with Gasteiger partial charge in [-0.25, -0.2) is 5.06 Å². The molecule has 0 aliphatic carbocycles. The van der Waals surface area contributed by atoms with Crippen LogP contribution in [0.4, 0.5) is 11.4 Å². The van der Waals surface area contributed by atoms with Gasteiger partial charge in [-0.1, -0.05) is 50.2 Å². The SMILES string of the molecule is CC(C)C[C@@]1(N(O)c2ccccc2)C(=O)Nc2ccccc21. The van der Waals surface area contributed by atoms with Crippen molar-refractivity contribution >= 4 is 17.3 Å². The number of hydrogen-bond acceptors (Lipinski definition) is 3. The molecule has 2 N–H and O–H groups in total. The number of para-hydroxylation sites is 2. The summed E-state index contributed by atoms with van der Waals surface area (Å²) in [6.07, 6.45) is 0.529. The van der Waals surface area contributed by atoms with Crippen molar-refractivity contribution in [2.45, 2.75) is 25.8 Å². The van der Waals surface area contributed by atoms with Crippen molar-refractivity contribution < 1.29 is 10.0 Å². The van der Waals surface area contributed by atoms with Crippen molar-refractivity contribution in [1.29, 1.82) is 0 Å². The number of nitrogens with one attached hydrogen (secondary N) is 1. The van der Waals surface area contributed by atoms with Gasteiger partial charge < -0.3 is 5.32 Å². The molecule has 1 atom stereocenters. The first-order chi connectivity index (χ1) is 10.6. The molecular weight excluding hydrogens is 276 g/mol. The summed E-state index contributed by atoms with van der Waals surface area (Å²) in [7, 11) is 0. The molecule has 0 bridgehead atoms. The molecular formula is C18H20N2O2. The molecule has 22 heavy (non-hydrogen) atoms. The van der Waals surface area contributed by atoms with E-state index < -0.39 is 5.54 Å². The van der Waals surface area contributed by atoms with Gasteiger partial charge in [-0.3, -0.25) is 10.0 Å². The van der Waals surface area contributed by atoms with Crippen LogP contribution in [0.1, 0.15) is 25.8 Å². The minimum absolute atomic E-state index is 0.186. The molecule has 1 heterocycles. The van der Waals surface area contributed by atoms with Crippen LogP contribution in [0.25, 0.3) is 0 Å². The molecule has 0 saturated carbocycles. The number of rotatable bonds is 4. The van der Waals surface area contributed by atoms with Crippen LogP contribution in [0.3, 0.4) is 0 Å². The average Bonchev–Trinajstić information content (AvgIpc) is 2.80. The number of hydrogen-bond donors (Lipinski definition) is 2. The first-order valence-corrected chi connectivity index (χ1v) is 7.51. The van der Waals surface area contributed by atoms with Crippen LogP contribution in [0.2, 0.25) is 0 Å². The van der Waals surface area contributed by atoms with Crippen LogP contribution in [0.5, 0.6) is 0 Å².